The second-order valence-electron chi connectivity index (χ2n) is 6.01. The van der Waals surface area contributed by atoms with Gasteiger partial charge in [-0.1, -0.05) is 54.6 Å². The Morgan fingerprint density at radius 2 is 1.74 bits per heavy atom. The predicted octanol–water partition coefficient (Wildman–Crippen LogP) is 4.82. The van der Waals surface area contributed by atoms with E-state index < -0.39 is 0 Å². The number of carbonyl (C=O) groups is 1. The lowest BCUT2D eigenvalue weighted by molar-refractivity contribution is 0.256. The van der Waals surface area contributed by atoms with E-state index in [1.165, 1.54) is 5.56 Å². The molecule has 23 heavy (non-hydrogen) atoms. The Morgan fingerprint density at radius 1 is 1.00 bits per heavy atom. The molecular formula is C20H18N2O. The number of nitrogens with zero attached hydrogens (tertiary/aromatic N) is 1. The topological polar surface area (TPSA) is 32.3 Å². The Bertz CT molecular complexity index is 882. The molecule has 0 spiro atoms. The van der Waals surface area contributed by atoms with Crippen molar-refractivity contribution in [3.63, 3.8) is 0 Å². The van der Waals surface area contributed by atoms with Gasteiger partial charge in [0.15, 0.2) is 0 Å². The van der Waals surface area contributed by atoms with Gasteiger partial charge in [-0.2, -0.15) is 0 Å². The Kier molecular flexibility index (Phi) is 3.27. The lowest BCUT2D eigenvalue weighted by Crippen LogP contribution is -2.39. The largest absolute Gasteiger partial charge is 0.326 e. The van der Waals surface area contributed by atoms with Crippen LogP contribution >= 0.6 is 0 Å². The molecule has 2 amide bonds. The van der Waals surface area contributed by atoms with Crippen molar-refractivity contribution in [2.45, 2.75) is 19.4 Å². The van der Waals surface area contributed by atoms with E-state index in [4.69, 9.17) is 0 Å². The molecule has 1 N–H and O–H groups in total. The summed E-state index contributed by atoms with van der Waals surface area (Å²) in [4.78, 5) is 14.7. The average molecular weight is 302 g/mol. The number of urea groups is 1. The number of carbonyl (C=O) groups excluding carboxylic acids is 1. The van der Waals surface area contributed by atoms with Crippen LogP contribution in [0, 0.1) is 0 Å². The van der Waals surface area contributed by atoms with Gasteiger partial charge in [0.25, 0.3) is 0 Å². The van der Waals surface area contributed by atoms with Crippen LogP contribution in [0.25, 0.3) is 10.8 Å². The highest BCUT2D eigenvalue weighted by Crippen LogP contribution is 2.33. The fraction of sp³-hybridized carbons (Fsp3) is 0.150. The molecule has 3 aromatic rings. The van der Waals surface area contributed by atoms with E-state index in [0.717, 1.165) is 28.6 Å². The Balaban J connectivity index is 1.68. The van der Waals surface area contributed by atoms with Crippen LogP contribution in [0.1, 0.15) is 12.5 Å². The number of nitrogens with one attached hydrogen (secondary N) is 1. The van der Waals surface area contributed by atoms with Gasteiger partial charge in [-0.05, 0) is 36.4 Å². The van der Waals surface area contributed by atoms with Gasteiger partial charge in [-0.15, -0.1) is 0 Å². The van der Waals surface area contributed by atoms with E-state index in [0.29, 0.717) is 0 Å². The summed E-state index contributed by atoms with van der Waals surface area (Å²) >= 11 is 0. The smallest absolute Gasteiger partial charge is 0.307 e. The fourth-order valence-electron chi connectivity index (χ4n) is 3.38. The predicted molar refractivity (Wildman–Crippen MR) is 95.1 cm³/mol. The first kappa shape index (κ1) is 13.8. The molecule has 3 nitrogen and oxygen atoms in total. The number of hydrogen-bond acceptors (Lipinski definition) is 1. The molecule has 1 heterocycles. The van der Waals surface area contributed by atoms with E-state index in [1.54, 1.807) is 0 Å². The van der Waals surface area contributed by atoms with E-state index in [2.05, 4.69) is 30.4 Å². The molecule has 0 aromatic heterocycles. The van der Waals surface area contributed by atoms with Crippen LogP contribution in [-0.2, 0) is 6.42 Å². The lowest BCUT2D eigenvalue weighted by atomic mass is 10.1. The number of amides is 2. The Morgan fingerprint density at radius 3 is 2.65 bits per heavy atom. The molecular weight excluding hydrogens is 284 g/mol. The second-order valence-corrected chi connectivity index (χ2v) is 6.01. The molecule has 0 saturated carbocycles. The monoisotopic (exact) mass is 302 g/mol. The molecule has 0 aliphatic carbocycles. The first-order valence-electron chi connectivity index (χ1n) is 7.90. The van der Waals surface area contributed by atoms with Gasteiger partial charge in [0, 0.05) is 17.1 Å². The van der Waals surface area contributed by atoms with Gasteiger partial charge in [0.05, 0.1) is 5.69 Å². The molecule has 1 aliphatic heterocycles. The number of hydrogen-bond donors (Lipinski definition) is 1. The highest BCUT2D eigenvalue weighted by atomic mass is 16.2. The zero-order valence-corrected chi connectivity index (χ0v) is 13.0. The molecule has 3 aromatic carbocycles. The van der Waals surface area contributed by atoms with Gasteiger partial charge < -0.3 is 5.32 Å². The quantitative estimate of drug-likeness (QED) is 0.686. The molecule has 3 heteroatoms. The van der Waals surface area contributed by atoms with Crippen LogP contribution in [0.2, 0.25) is 0 Å². The van der Waals surface area contributed by atoms with Crippen molar-refractivity contribution in [1.29, 1.82) is 0 Å². The summed E-state index contributed by atoms with van der Waals surface area (Å²) in [5.74, 6) is 0. The third kappa shape index (κ3) is 2.34. The van der Waals surface area contributed by atoms with Gasteiger partial charge >= 0.3 is 6.03 Å². The van der Waals surface area contributed by atoms with E-state index in [1.807, 2.05) is 53.4 Å². The third-order valence-electron chi connectivity index (χ3n) is 4.46. The molecule has 4 rings (SSSR count). The molecule has 0 fully saturated rings. The van der Waals surface area contributed by atoms with Crippen molar-refractivity contribution in [1.82, 2.24) is 0 Å². The number of para-hydroxylation sites is 1. The molecule has 1 aliphatic rings. The van der Waals surface area contributed by atoms with Gasteiger partial charge in [0.2, 0.25) is 0 Å². The standard InChI is InChI=1S/C20H18N2O/c1-14-13-16-8-3-5-12-19(16)22(14)20(23)21-18-11-6-9-15-7-2-4-10-17(15)18/h2-12,14H,13H2,1H3,(H,21,23)/t14-/m1/s1. The summed E-state index contributed by atoms with van der Waals surface area (Å²) < 4.78 is 0. The average Bonchev–Trinajstić information content (AvgIpc) is 2.91. The minimum Gasteiger partial charge on any atom is -0.307 e. The van der Waals surface area contributed by atoms with Gasteiger partial charge in [0.1, 0.15) is 0 Å². The maximum Gasteiger partial charge on any atom is 0.326 e. The number of anilines is 2. The molecule has 0 bridgehead atoms. The maximum absolute atomic E-state index is 12.8. The summed E-state index contributed by atoms with van der Waals surface area (Å²) in [7, 11) is 0. The van der Waals surface area contributed by atoms with Crippen molar-refractivity contribution < 1.29 is 4.79 Å². The molecule has 0 unspecified atom stereocenters. The second kappa shape index (κ2) is 5.43. The first-order chi connectivity index (χ1) is 11.2. The summed E-state index contributed by atoms with van der Waals surface area (Å²) in [6.07, 6.45) is 0.902. The van der Waals surface area contributed by atoms with Crippen LogP contribution < -0.4 is 10.2 Å². The van der Waals surface area contributed by atoms with Gasteiger partial charge in [-0.3, -0.25) is 4.90 Å². The number of benzene rings is 3. The highest BCUT2D eigenvalue weighted by Gasteiger charge is 2.30. The van der Waals surface area contributed by atoms with Crippen molar-refractivity contribution in [2.24, 2.45) is 0 Å². The van der Waals surface area contributed by atoms with Crippen LogP contribution in [0.5, 0.6) is 0 Å². The van der Waals surface area contributed by atoms with Crippen molar-refractivity contribution >= 4 is 28.2 Å². The molecule has 0 saturated heterocycles. The summed E-state index contributed by atoms with van der Waals surface area (Å²) in [6, 6.07) is 22.3. The van der Waals surface area contributed by atoms with E-state index >= 15 is 0 Å². The Labute approximate surface area is 135 Å². The first-order valence-corrected chi connectivity index (χ1v) is 7.90. The van der Waals surface area contributed by atoms with Crippen LogP contribution in [0.15, 0.2) is 66.7 Å². The summed E-state index contributed by atoms with van der Waals surface area (Å²) in [5, 5.41) is 5.27. The number of fused-ring (bicyclic) bond motifs is 2. The summed E-state index contributed by atoms with van der Waals surface area (Å²) in [5.41, 5.74) is 3.09. The van der Waals surface area contributed by atoms with Crippen molar-refractivity contribution in [3.05, 3.63) is 72.3 Å². The number of rotatable bonds is 1. The fourth-order valence-corrected chi connectivity index (χ4v) is 3.38. The highest BCUT2D eigenvalue weighted by molar-refractivity contribution is 6.08. The third-order valence-corrected chi connectivity index (χ3v) is 4.46. The molecule has 114 valence electrons. The normalized spacial score (nSPS) is 16.4. The maximum atomic E-state index is 12.8. The van der Waals surface area contributed by atoms with Crippen LogP contribution in [0.4, 0.5) is 16.2 Å². The van der Waals surface area contributed by atoms with E-state index in [9.17, 15) is 4.79 Å². The molecule has 1 atom stereocenters. The lowest BCUT2D eigenvalue weighted by Gasteiger charge is -2.23. The van der Waals surface area contributed by atoms with Crippen molar-refractivity contribution in [3.8, 4) is 0 Å². The van der Waals surface area contributed by atoms with Crippen molar-refractivity contribution in [2.75, 3.05) is 10.2 Å². The van der Waals surface area contributed by atoms with Gasteiger partial charge in [-0.25, -0.2) is 4.79 Å². The molecule has 0 radical (unpaired) electrons. The van der Waals surface area contributed by atoms with Crippen LogP contribution in [0.3, 0.4) is 0 Å². The zero-order valence-electron chi connectivity index (χ0n) is 13.0. The minimum atomic E-state index is -0.0706. The zero-order chi connectivity index (χ0) is 15.8. The summed E-state index contributed by atoms with van der Waals surface area (Å²) in [6.45, 7) is 2.09. The Hall–Kier alpha value is -2.81. The van der Waals surface area contributed by atoms with Crippen LogP contribution in [-0.4, -0.2) is 12.1 Å². The SMILES string of the molecule is C[C@@H]1Cc2ccccc2N1C(=O)Nc1cccc2ccccc12. The minimum absolute atomic E-state index is 0.0706. The van der Waals surface area contributed by atoms with E-state index in [-0.39, 0.29) is 12.1 Å².